The van der Waals surface area contributed by atoms with E-state index in [0.29, 0.717) is 10.7 Å². The third-order valence-electron chi connectivity index (χ3n) is 2.04. The first kappa shape index (κ1) is 10.8. The van der Waals surface area contributed by atoms with Crippen LogP contribution in [0.2, 0.25) is 0 Å². The molecule has 16 heavy (non-hydrogen) atoms. The third kappa shape index (κ3) is 2.67. The van der Waals surface area contributed by atoms with E-state index >= 15 is 0 Å². The average Bonchev–Trinajstić information content (AvgIpc) is 2.80. The molecule has 1 aromatic carbocycles. The van der Waals surface area contributed by atoms with Gasteiger partial charge in [-0.1, -0.05) is 17.7 Å². The number of furan rings is 1. The molecule has 0 unspecified atom stereocenters. The molecule has 0 bridgehead atoms. The molecule has 0 fully saturated rings. The molecule has 0 N–H and O–H groups in total. The highest BCUT2D eigenvalue weighted by Crippen LogP contribution is 2.09. The van der Waals surface area contributed by atoms with Crippen LogP contribution in [-0.2, 0) is 11.0 Å². The van der Waals surface area contributed by atoms with Gasteiger partial charge in [0.15, 0.2) is 11.0 Å². The molecule has 0 aliphatic carbocycles. The highest BCUT2D eigenvalue weighted by Gasteiger charge is 2.00. The van der Waals surface area contributed by atoms with Gasteiger partial charge in [0.25, 0.3) is 0 Å². The van der Waals surface area contributed by atoms with Gasteiger partial charge < -0.3 is 4.42 Å². The number of hydrogen-bond donors (Lipinski definition) is 0. The van der Waals surface area contributed by atoms with E-state index in [2.05, 4.69) is 4.40 Å². The van der Waals surface area contributed by atoms with Crippen LogP contribution >= 0.6 is 0 Å². The largest absolute Gasteiger partial charge is 0.463 e. The van der Waals surface area contributed by atoms with Crippen LogP contribution in [-0.4, -0.2) is 10.4 Å². The maximum Gasteiger partial charge on any atom is 0.172 e. The molecule has 2 rings (SSSR count). The average molecular weight is 233 g/mol. The van der Waals surface area contributed by atoms with Gasteiger partial charge >= 0.3 is 0 Å². The molecule has 0 saturated heterocycles. The molecule has 0 saturated carbocycles. The van der Waals surface area contributed by atoms with Crippen LogP contribution in [0, 0.1) is 6.92 Å². The van der Waals surface area contributed by atoms with Crippen LogP contribution in [0.4, 0.5) is 0 Å². The lowest BCUT2D eigenvalue weighted by atomic mass is 10.2. The first-order valence-electron chi connectivity index (χ1n) is 4.82. The minimum atomic E-state index is -1.37. The number of rotatable bonds is 3. The van der Waals surface area contributed by atoms with E-state index < -0.39 is 11.0 Å². The zero-order valence-electron chi connectivity index (χ0n) is 8.79. The van der Waals surface area contributed by atoms with Crippen molar-refractivity contribution in [3.8, 4) is 0 Å². The lowest BCUT2D eigenvalue weighted by Gasteiger charge is -1.96. The van der Waals surface area contributed by atoms with Crippen molar-refractivity contribution in [2.45, 2.75) is 11.8 Å². The number of hydrogen-bond acceptors (Lipinski definition) is 2. The fraction of sp³-hybridized carbons (Fsp3) is 0.0833. The third-order valence-corrected chi connectivity index (χ3v) is 3.01. The standard InChI is InChI=1S/C12H11NO2S/c1-10-4-6-12(7-5-10)16(14)13-9-11-3-2-8-15-11/h2-9H,1H3/b13-9+/t16-/m0/s1. The first-order chi connectivity index (χ1) is 7.75. The number of nitrogens with zero attached hydrogens (tertiary/aromatic N) is 1. The molecule has 0 aliphatic rings. The van der Waals surface area contributed by atoms with Crippen molar-refractivity contribution in [3.63, 3.8) is 0 Å². The summed E-state index contributed by atoms with van der Waals surface area (Å²) in [6.07, 6.45) is 3.02. The molecule has 0 radical (unpaired) electrons. The van der Waals surface area contributed by atoms with Crippen molar-refractivity contribution in [1.29, 1.82) is 0 Å². The zero-order chi connectivity index (χ0) is 11.4. The molecule has 3 nitrogen and oxygen atoms in total. The van der Waals surface area contributed by atoms with Gasteiger partial charge in [-0.2, -0.15) is 4.40 Å². The maximum absolute atomic E-state index is 11.7. The number of benzene rings is 1. The van der Waals surface area contributed by atoms with Crippen LogP contribution in [0.3, 0.4) is 0 Å². The Hall–Kier alpha value is -1.68. The summed E-state index contributed by atoms with van der Waals surface area (Å²) in [6, 6.07) is 11.0. The van der Waals surface area contributed by atoms with Gasteiger partial charge in [-0.15, -0.1) is 0 Å². The highest BCUT2D eigenvalue weighted by molar-refractivity contribution is 7.83. The van der Waals surface area contributed by atoms with Gasteiger partial charge in [0.05, 0.1) is 17.4 Å². The molecule has 0 spiro atoms. The second-order valence-corrected chi connectivity index (χ2v) is 4.49. The molecule has 0 aliphatic heterocycles. The van der Waals surface area contributed by atoms with Crippen molar-refractivity contribution in [3.05, 3.63) is 54.0 Å². The number of aryl methyl sites for hydroxylation is 1. The summed E-state index contributed by atoms with van der Waals surface area (Å²) < 4.78 is 20.7. The Labute approximate surface area is 96.4 Å². The Morgan fingerprint density at radius 2 is 2.00 bits per heavy atom. The Morgan fingerprint density at radius 1 is 1.25 bits per heavy atom. The van der Waals surface area contributed by atoms with Gasteiger partial charge in [-0.05, 0) is 31.2 Å². The minimum absolute atomic E-state index is 0.598. The van der Waals surface area contributed by atoms with Crippen molar-refractivity contribution in [2.24, 2.45) is 4.40 Å². The van der Waals surface area contributed by atoms with Crippen LogP contribution in [0.1, 0.15) is 11.3 Å². The highest BCUT2D eigenvalue weighted by atomic mass is 32.2. The lowest BCUT2D eigenvalue weighted by molar-refractivity contribution is 0.560. The first-order valence-corrected chi connectivity index (χ1v) is 5.92. The summed E-state index contributed by atoms with van der Waals surface area (Å²) in [6.45, 7) is 1.98. The predicted molar refractivity (Wildman–Crippen MR) is 63.9 cm³/mol. The monoisotopic (exact) mass is 233 g/mol. The summed E-state index contributed by atoms with van der Waals surface area (Å²) in [7, 11) is -1.37. The molecule has 1 heterocycles. The summed E-state index contributed by atoms with van der Waals surface area (Å²) in [5.74, 6) is 0.598. The Bertz CT molecular complexity index is 500. The van der Waals surface area contributed by atoms with E-state index in [9.17, 15) is 4.21 Å². The van der Waals surface area contributed by atoms with E-state index in [1.165, 1.54) is 6.21 Å². The Balaban J connectivity index is 2.11. The van der Waals surface area contributed by atoms with E-state index in [1.807, 2.05) is 31.2 Å². The minimum Gasteiger partial charge on any atom is -0.463 e. The smallest absolute Gasteiger partial charge is 0.172 e. The molecular formula is C12H11NO2S. The van der Waals surface area contributed by atoms with E-state index in [-0.39, 0.29) is 0 Å². The summed E-state index contributed by atoms with van der Waals surface area (Å²) in [5.41, 5.74) is 1.13. The molecule has 1 aromatic heterocycles. The Morgan fingerprint density at radius 3 is 2.62 bits per heavy atom. The SMILES string of the molecule is Cc1ccc([S@](=O)/N=C/c2ccco2)cc1. The summed E-state index contributed by atoms with van der Waals surface area (Å²) in [5, 5.41) is 0. The molecule has 0 amide bonds. The van der Waals surface area contributed by atoms with E-state index in [4.69, 9.17) is 4.42 Å². The van der Waals surface area contributed by atoms with Crippen LogP contribution < -0.4 is 0 Å². The van der Waals surface area contributed by atoms with Gasteiger partial charge in [0.1, 0.15) is 5.76 Å². The van der Waals surface area contributed by atoms with Crippen molar-refractivity contribution >= 4 is 17.2 Å². The van der Waals surface area contributed by atoms with Gasteiger partial charge in [-0.25, -0.2) is 4.21 Å². The lowest BCUT2D eigenvalue weighted by Crippen LogP contribution is -1.88. The predicted octanol–water partition coefficient (Wildman–Crippen LogP) is 2.73. The van der Waals surface area contributed by atoms with E-state index in [0.717, 1.165) is 5.56 Å². The fourth-order valence-corrected chi connectivity index (χ4v) is 1.87. The summed E-state index contributed by atoms with van der Waals surface area (Å²) in [4.78, 5) is 0.688. The Kier molecular flexibility index (Phi) is 3.31. The molecule has 4 heteroatoms. The van der Waals surface area contributed by atoms with Crippen molar-refractivity contribution in [1.82, 2.24) is 0 Å². The maximum atomic E-state index is 11.7. The quantitative estimate of drug-likeness (QED) is 0.765. The summed E-state index contributed by atoms with van der Waals surface area (Å²) >= 11 is 0. The van der Waals surface area contributed by atoms with Gasteiger partial charge in [0.2, 0.25) is 0 Å². The van der Waals surface area contributed by atoms with Gasteiger partial charge in [0, 0.05) is 0 Å². The topological polar surface area (TPSA) is 42.6 Å². The van der Waals surface area contributed by atoms with Crippen LogP contribution in [0.25, 0.3) is 0 Å². The van der Waals surface area contributed by atoms with E-state index in [1.54, 1.807) is 18.4 Å². The normalized spacial score (nSPS) is 13.1. The zero-order valence-corrected chi connectivity index (χ0v) is 9.61. The molecule has 2 aromatic rings. The molecule has 1 atom stereocenters. The second-order valence-electron chi connectivity index (χ2n) is 3.31. The van der Waals surface area contributed by atoms with Crippen molar-refractivity contribution in [2.75, 3.05) is 0 Å². The van der Waals surface area contributed by atoms with Crippen LogP contribution in [0.15, 0.2) is 56.4 Å². The van der Waals surface area contributed by atoms with Crippen LogP contribution in [0.5, 0.6) is 0 Å². The van der Waals surface area contributed by atoms with Gasteiger partial charge in [-0.3, -0.25) is 0 Å². The fourth-order valence-electron chi connectivity index (χ4n) is 1.18. The van der Waals surface area contributed by atoms with Crippen molar-refractivity contribution < 1.29 is 8.63 Å². The second kappa shape index (κ2) is 4.90. The molecule has 82 valence electrons. The molecular weight excluding hydrogens is 222 g/mol.